The molecule has 1 rings (SSSR count). The molecule has 1 N–H and O–H groups in total. The summed E-state index contributed by atoms with van der Waals surface area (Å²) >= 11 is 5.86. The minimum Gasteiger partial charge on any atom is -0.414 e. The molecule has 0 radical (unpaired) electrons. The van der Waals surface area contributed by atoms with Gasteiger partial charge < -0.3 is 9.53 Å². The number of halogens is 1. The average molecular weight is 302 g/mol. The van der Waals surface area contributed by atoms with Crippen molar-refractivity contribution in [3.05, 3.63) is 29.0 Å². The zero-order valence-electron chi connectivity index (χ0n) is 12.6. The Morgan fingerprint density at radius 2 is 1.89 bits per heavy atom. The highest BCUT2D eigenvalue weighted by molar-refractivity contribution is 6.74. The Bertz CT molecular complexity index is 441. The summed E-state index contributed by atoms with van der Waals surface area (Å²) in [6.45, 7) is 12.9. The van der Waals surface area contributed by atoms with Crippen molar-refractivity contribution in [3.8, 4) is 0 Å². The fraction of sp³-hybridized carbons (Fsp3) is 0.643. The number of hydrogen-bond donors (Lipinski definition) is 1. The number of aliphatic hydroxyl groups is 1. The van der Waals surface area contributed by atoms with Gasteiger partial charge in [0.2, 0.25) is 0 Å². The molecule has 0 spiro atoms. The van der Waals surface area contributed by atoms with Gasteiger partial charge in [0.1, 0.15) is 10.8 Å². The van der Waals surface area contributed by atoms with Crippen LogP contribution >= 0.6 is 11.6 Å². The second-order valence-corrected chi connectivity index (χ2v) is 11.9. The fourth-order valence-electron chi connectivity index (χ4n) is 1.36. The van der Waals surface area contributed by atoms with E-state index in [0.29, 0.717) is 5.15 Å². The summed E-state index contributed by atoms with van der Waals surface area (Å²) in [4.78, 5) is 3.92. The standard InChI is InChI=1S/C14H24ClNO2Si/c1-13(2,3)19(5,6)18-10-14(4,17)11-7-8-16-12(15)9-11/h7-9,17H,10H2,1-6H3. The second kappa shape index (κ2) is 5.52. The third kappa shape index (κ3) is 4.28. The van der Waals surface area contributed by atoms with Gasteiger partial charge in [-0.3, -0.25) is 0 Å². The molecule has 1 aromatic rings. The lowest BCUT2D eigenvalue weighted by atomic mass is 9.99. The van der Waals surface area contributed by atoms with Crippen molar-refractivity contribution < 1.29 is 9.53 Å². The molecule has 0 saturated carbocycles. The van der Waals surface area contributed by atoms with Gasteiger partial charge >= 0.3 is 0 Å². The maximum atomic E-state index is 10.6. The van der Waals surface area contributed by atoms with Gasteiger partial charge in [0.25, 0.3) is 0 Å². The SMILES string of the molecule is CC(O)(CO[Si](C)(C)C(C)(C)C)c1ccnc(Cl)c1. The molecule has 1 atom stereocenters. The van der Waals surface area contributed by atoms with E-state index < -0.39 is 13.9 Å². The Balaban J connectivity index is 2.82. The Labute approximate surface area is 122 Å². The topological polar surface area (TPSA) is 42.4 Å². The predicted molar refractivity (Wildman–Crippen MR) is 82.0 cm³/mol. The summed E-state index contributed by atoms with van der Waals surface area (Å²) in [5.74, 6) is 0. The number of rotatable bonds is 4. The van der Waals surface area contributed by atoms with Crippen LogP contribution in [0.1, 0.15) is 33.3 Å². The molecule has 3 nitrogen and oxygen atoms in total. The highest BCUT2D eigenvalue weighted by Gasteiger charge is 2.39. The van der Waals surface area contributed by atoms with Crippen molar-refractivity contribution in [2.45, 2.75) is 51.4 Å². The summed E-state index contributed by atoms with van der Waals surface area (Å²) in [5, 5.41) is 11.1. The Morgan fingerprint density at radius 3 is 2.37 bits per heavy atom. The average Bonchev–Trinajstić information content (AvgIpc) is 2.25. The molecule has 19 heavy (non-hydrogen) atoms. The molecule has 0 bridgehead atoms. The van der Waals surface area contributed by atoms with Crippen LogP contribution in [0, 0.1) is 0 Å². The van der Waals surface area contributed by atoms with E-state index in [4.69, 9.17) is 16.0 Å². The van der Waals surface area contributed by atoms with E-state index in [1.807, 2.05) is 0 Å². The monoisotopic (exact) mass is 301 g/mol. The molecule has 0 aliphatic rings. The molecule has 0 aliphatic carbocycles. The zero-order valence-corrected chi connectivity index (χ0v) is 14.4. The molecule has 5 heteroatoms. The first-order valence-electron chi connectivity index (χ1n) is 6.44. The van der Waals surface area contributed by atoms with E-state index in [1.165, 1.54) is 0 Å². The first kappa shape index (κ1) is 16.6. The van der Waals surface area contributed by atoms with Crippen LogP contribution in [0.25, 0.3) is 0 Å². The third-order valence-corrected chi connectivity index (χ3v) is 8.55. The maximum absolute atomic E-state index is 10.6. The molecule has 0 fully saturated rings. The first-order chi connectivity index (χ1) is 8.46. The van der Waals surface area contributed by atoms with Gasteiger partial charge in [-0.2, -0.15) is 0 Å². The Morgan fingerprint density at radius 1 is 1.32 bits per heavy atom. The summed E-state index contributed by atoms with van der Waals surface area (Å²) in [5.41, 5.74) is -0.326. The number of nitrogens with zero attached hydrogens (tertiary/aromatic N) is 1. The molecule has 1 heterocycles. The zero-order chi connectivity index (χ0) is 14.9. The quantitative estimate of drug-likeness (QED) is 0.676. The van der Waals surface area contributed by atoms with Crippen LogP contribution in [0.4, 0.5) is 0 Å². The second-order valence-electron chi connectivity index (χ2n) is 6.69. The molecule has 0 amide bonds. The smallest absolute Gasteiger partial charge is 0.192 e. The normalized spacial score (nSPS) is 16.2. The third-order valence-electron chi connectivity index (χ3n) is 3.87. The molecular weight excluding hydrogens is 278 g/mol. The lowest BCUT2D eigenvalue weighted by Gasteiger charge is -2.38. The van der Waals surface area contributed by atoms with E-state index in [0.717, 1.165) is 5.56 Å². The lowest BCUT2D eigenvalue weighted by molar-refractivity contribution is 0.00255. The molecule has 108 valence electrons. The minimum atomic E-state index is -1.87. The van der Waals surface area contributed by atoms with E-state index in [2.05, 4.69) is 38.8 Å². The summed E-state index contributed by atoms with van der Waals surface area (Å²) in [6, 6.07) is 3.44. The van der Waals surface area contributed by atoms with Gasteiger partial charge in [0.05, 0.1) is 6.61 Å². The van der Waals surface area contributed by atoms with E-state index in [-0.39, 0.29) is 11.6 Å². The summed E-state index contributed by atoms with van der Waals surface area (Å²) in [7, 11) is -1.87. The first-order valence-corrected chi connectivity index (χ1v) is 9.73. The van der Waals surface area contributed by atoms with Gasteiger partial charge in [-0.15, -0.1) is 0 Å². The van der Waals surface area contributed by atoms with Crippen molar-refractivity contribution >= 4 is 19.9 Å². The highest BCUT2D eigenvalue weighted by atomic mass is 35.5. The van der Waals surface area contributed by atoms with Crippen molar-refractivity contribution in [3.63, 3.8) is 0 Å². The summed E-state index contributed by atoms with van der Waals surface area (Å²) in [6.07, 6.45) is 1.60. The van der Waals surface area contributed by atoms with Crippen LogP contribution in [0.15, 0.2) is 18.3 Å². The summed E-state index contributed by atoms with van der Waals surface area (Å²) < 4.78 is 6.08. The Kier molecular flexibility index (Phi) is 4.83. The fourth-order valence-corrected chi connectivity index (χ4v) is 2.61. The highest BCUT2D eigenvalue weighted by Crippen LogP contribution is 2.37. The molecule has 0 saturated heterocycles. The van der Waals surface area contributed by atoms with E-state index in [9.17, 15) is 5.11 Å². The Hall–Kier alpha value is -0.423. The lowest BCUT2D eigenvalue weighted by Crippen LogP contribution is -2.44. The maximum Gasteiger partial charge on any atom is 0.192 e. The van der Waals surface area contributed by atoms with Gasteiger partial charge in [-0.25, -0.2) is 4.98 Å². The van der Waals surface area contributed by atoms with E-state index in [1.54, 1.807) is 25.3 Å². The molecule has 0 aliphatic heterocycles. The van der Waals surface area contributed by atoms with Crippen molar-refractivity contribution in [2.24, 2.45) is 0 Å². The van der Waals surface area contributed by atoms with Crippen molar-refractivity contribution in [2.75, 3.05) is 6.61 Å². The number of hydrogen-bond acceptors (Lipinski definition) is 3. The van der Waals surface area contributed by atoms with Crippen LogP contribution in [-0.2, 0) is 10.0 Å². The van der Waals surface area contributed by atoms with Crippen LogP contribution in [0.2, 0.25) is 23.3 Å². The number of pyridine rings is 1. The van der Waals surface area contributed by atoms with Crippen LogP contribution in [0.3, 0.4) is 0 Å². The van der Waals surface area contributed by atoms with Crippen LogP contribution < -0.4 is 0 Å². The largest absolute Gasteiger partial charge is 0.414 e. The van der Waals surface area contributed by atoms with Gasteiger partial charge in [0, 0.05) is 6.20 Å². The van der Waals surface area contributed by atoms with Gasteiger partial charge in [0.15, 0.2) is 8.32 Å². The molecule has 1 unspecified atom stereocenters. The van der Waals surface area contributed by atoms with Crippen LogP contribution in [-0.4, -0.2) is 25.0 Å². The molecular formula is C14H24ClNO2Si. The molecule has 0 aromatic carbocycles. The minimum absolute atomic E-state index is 0.124. The van der Waals surface area contributed by atoms with Gasteiger partial charge in [-0.05, 0) is 42.8 Å². The number of aromatic nitrogens is 1. The predicted octanol–water partition coefficient (Wildman–Crippen LogP) is 3.96. The van der Waals surface area contributed by atoms with Crippen molar-refractivity contribution in [1.29, 1.82) is 0 Å². The van der Waals surface area contributed by atoms with Gasteiger partial charge in [-0.1, -0.05) is 32.4 Å². The van der Waals surface area contributed by atoms with E-state index >= 15 is 0 Å². The van der Waals surface area contributed by atoms with Crippen LogP contribution in [0.5, 0.6) is 0 Å². The molecule has 1 aromatic heterocycles. The van der Waals surface area contributed by atoms with Crippen molar-refractivity contribution in [1.82, 2.24) is 4.98 Å².